The van der Waals surface area contributed by atoms with E-state index in [0.717, 1.165) is 0 Å². The third kappa shape index (κ3) is 5.29. The van der Waals surface area contributed by atoms with Crippen molar-refractivity contribution < 1.29 is 17.3 Å². The van der Waals surface area contributed by atoms with Crippen LogP contribution >= 0.6 is 0 Å². The van der Waals surface area contributed by atoms with E-state index in [0.29, 0.717) is 6.61 Å². The average Bonchev–Trinajstić information content (AvgIpc) is 2.67. The van der Waals surface area contributed by atoms with E-state index in [1.54, 1.807) is 0 Å². The third-order valence-corrected chi connectivity index (χ3v) is 2.43. The molecule has 1 unspecified atom stereocenters. The van der Waals surface area contributed by atoms with Crippen LogP contribution in [0.5, 0.6) is 0 Å². The van der Waals surface area contributed by atoms with Crippen LogP contribution in [-0.4, -0.2) is 63.0 Å². The minimum atomic E-state index is -3.38. The molecule has 6 heteroatoms. The Morgan fingerprint density at radius 2 is 2.25 bits per heavy atom. The Morgan fingerprint density at radius 1 is 1.67 bits per heavy atom. The van der Waals surface area contributed by atoms with Gasteiger partial charge in [-0.3, -0.25) is 4.18 Å². The molecule has 1 atom stereocenters. The van der Waals surface area contributed by atoms with Gasteiger partial charge in [0.25, 0.3) is 10.1 Å². The molecule has 1 fully saturated rings. The summed E-state index contributed by atoms with van der Waals surface area (Å²) in [5.41, 5.74) is 0. The molecule has 1 heterocycles. The van der Waals surface area contributed by atoms with Crippen LogP contribution in [0.15, 0.2) is 12.7 Å². The fraction of sp³-hybridized carbons (Fsp3) is 0.667. The Bertz CT molecular complexity index is 232. The molecule has 0 aromatic rings. The standard InChI is InChI=1S/C6H10O4S.Na.H/c1-2-3-10-11(7,8)5-6-4-9-6;;/h2,6H,1,3-5H2;;. The van der Waals surface area contributed by atoms with Crippen LogP contribution in [0.3, 0.4) is 0 Å². The van der Waals surface area contributed by atoms with Crippen LogP contribution in [0.2, 0.25) is 0 Å². The van der Waals surface area contributed by atoms with E-state index in [2.05, 4.69) is 10.8 Å². The maximum atomic E-state index is 10.9. The number of rotatable bonds is 5. The molecule has 1 rings (SSSR count). The summed E-state index contributed by atoms with van der Waals surface area (Å²) in [4.78, 5) is 0. The van der Waals surface area contributed by atoms with E-state index < -0.39 is 10.1 Å². The zero-order valence-electron chi connectivity index (χ0n) is 6.02. The molecule has 1 aliphatic heterocycles. The molecule has 66 valence electrons. The van der Waals surface area contributed by atoms with Crippen molar-refractivity contribution in [2.45, 2.75) is 6.10 Å². The number of hydrogen-bond acceptors (Lipinski definition) is 4. The summed E-state index contributed by atoms with van der Waals surface area (Å²) >= 11 is 0. The molecule has 0 bridgehead atoms. The molecule has 0 aromatic heterocycles. The van der Waals surface area contributed by atoms with Gasteiger partial charge in [-0.25, -0.2) is 0 Å². The predicted molar refractivity (Wildman–Crippen MR) is 46.8 cm³/mol. The van der Waals surface area contributed by atoms with E-state index in [1.165, 1.54) is 6.08 Å². The Labute approximate surface area is 94.3 Å². The maximum absolute atomic E-state index is 10.9. The summed E-state index contributed by atoms with van der Waals surface area (Å²) in [5.74, 6) is -0.0408. The molecule has 4 nitrogen and oxygen atoms in total. The van der Waals surface area contributed by atoms with Crippen molar-refractivity contribution in [3.63, 3.8) is 0 Å². The van der Waals surface area contributed by atoms with Crippen LogP contribution in [-0.2, 0) is 19.0 Å². The van der Waals surface area contributed by atoms with Gasteiger partial charge in [0, 0.05) is 0 Å². The first-order valence-corrected chi connectivity index (χ1v) is 4.81. The molecule has 12 heavy (non-hydrogen) atoms. The minimum absolute atomic E-state index is 0. The molecule has 0 aromatic carbocycles. The van der Waals surface area contributed by atoms with Gasteiger partial charge in [0.05, 0.1) is 19.3 Å². The first-order valence-electron chi connectivity index (χ1n) is 3.23. The van der Waals surface area contributed by atoms with Gasteiger partial charge in [0.15, 0.2) is 0 Å². The Kier molecular flexibility index (Phi) is 5.64. The van der Waals surface area contributed by atoms with Crippen LogP contribution in [0.25, 0.3) is 0 Å². The van der Waals surface area contributed by atoms with Crippen molar-refractivity contribution in [2.24, 2.45) is 0 Å². The Balaban J connectivity index is 0.00000121. The van der Waals surface area contributed by atoms with Gasteiger partial charge in [0.2, 0.25) is 0 Å². The van der Waals surface area contributed by atoms with Crippen LogP contribution in [0.1, 0.15) is 0 Å². The summed E-state index contributed by atoms with van der Waals surface area (Å²) in [5, 5.41) is 0. The first-order chi connectivity index (χ1) is 5.14. The number of epoxide rings is 1. The molecule has 0 N–H and O–H groups in total. The van der Waals surface area contributed by atoms with Gasteiger partial charge in [-0.1, -0.05) is 6.08 Å². The van der Waals surface area contributed by atoms with E-state index >= 15 is 0 Å². The van der Waals surface area contributed by atoms with E-state index in [1.807, 2.05) is 0 Å². The summed E-state index contributed by atoms with van der Waals surface area (Å²) in [7, 11) is -3.38. The van der Waals surface area contributed by atoms with Crippen molar-refractivity contribution in [1.29, 1.82) is 0 Å². The zero-order valence-corrected chi connectivity index (χ0v) is 6.84. The Morgan fingerprint density at radius 3 is 2.67 bits per heavy atom. The predicted octanol–water partition coefficient (Wildman–Crippen LogP) is -0.731. The molecular formula is C6H11NaO4S. The van der Waals surface area contributed by atoms with Crippen molar-refractivity contribution in [3.05, 3.63) is 12.7 Å². The average molecular weight is 202 g/mol. The van der Waals surface area contributed by atoms with Crippen LogP contribution in [0, 0.1) is 0 Å². The van der Waals surface area contributed by atoms with Gasteiger partial charge < -0.3 is 4.74 Å². The van der Waals surface area contributed by atoms with E-state index in [4.69, 9.17) is 4.74 Å². The zero-order chi connectivity index (χ0) is 8.32. The second kappa shape index (κ2) is 5.36. The fourth-order valence-corrected chi connectivity index (χ4v) is 1.64. The molecule has 1 saturated heterocycles. The van der Waals surface area contributed by atoms with Gasteiger partial charge >= 0.3 is 29.6 Å². The monoisotopic (exact) mass is 202 g/mol. The van der Waals surface area contributed by atoms with Crippen LogP contribution in [0.4, 0.5) is 0 Å². The van der Waals surface area contributed by atoms with Gasteiger partial charge in [-0.15, -0.1) is 6.58 Å². The summed E-state index contributed by atoms with van der Waals surface area (Å²) in [6, 6.07) is 0. The number of ether oxygens (including phenoxy) is 1. The molecule has 0 amide bonds. The summed E-state index contributed by atoms with van der Waals surface area (Å²) in [6.07, 6.45) is 1.25. The normalized spacial score (nSPS) is 21.2. The quantitative estimate of drug-likeness (QED) is 0.255. The molecule has 0 spiro atoms. The molecular weight excluding hydrogens is 191 g/mol. The van der Waals surface area contributed by atoms with Crippen LogP contribution < -0.4 is 0 Å². The third-order valence-electron chi connectivity index (χ3n) is 1.16. The topological polar surface area (TPSA) is 55.9 Å². The second-order valence-electron chi connectivity index (χ2n) is 2.25. The second-order valence-corrected chi connectivity index (χ2v) is 3.94. The Hall–Kier alpha value is 0.610. The fourth-order valence-electron chi connectivity index (χ4n) is 0.592. The van der Waals surface area contributed by atoms with Crippen molar-refractivity contribution in [1.82, 2.24) is 0 Å². The summed E-state index contributed by atoms with van der Waals surface area (Å²) in [6.45, 7) is 3.90. The van der Waals surface area contributed by atoms with Gasteiger partial charge in [0.1, 0.15) is 5.75 Å². The molecule has 1 aliphatic rings. The first kappa shape index (κ1) is 12.6. The number of hydrogen-bond donors (Lipinski definition) is 0. The van der Waals surface area contributed by atoms with E-state index in [9.17, 15) is 8.42 Å². The van der Waals surface area contributed by atoms with Crippen molar-refractivity contribution in [2.75, 3.05) is 19.0 Å². The summed E-state index contributed by atoms with van der Waals surface area (Å²) < 4.78 is 31.0. The molecule has 0 aliphatic carbocycles. The molecule has 0 saturated carbocycles. The SMILES string of the molecule is C=CCOS(=O)(=O)CC1CO1.[NaH]. The molecule has 0 radical (unpaired) electrons. The van der Waals surface area contributed by atoms with Crippen molar-refractivity contribution in [3.8, 4) is 0 Å². The van der Waals surface area contributed by atoms with Crippen molar-refractivity contribution >= 4 is 39.7 Å². The van der Waals surface area contributed by atoms with E-state index in [-0.39, 0.29) is 48.0 Å². The van der Waals surface area contributed by atoms with Gasteiger partial charge in [-0.2, -0.15) is 8.42 Å². The van der Waals surface area contributed by atoms with Gasteiger partial charge in [-0.05, 0) is 0 Å².